The van der Waals surface area contributed by atoms with Gasteiger partial charge in [-0.3, -0.25) is 9.59 Å². The molecule has 0 aliphatic carbocycles. The molecule has 0 unspecified atom stereocenters. The minimum absolute atomic E-state index is 0.0252. The topological polar surface area (TPSA) is 66.6 Å². The van der Waals surface area contributed by atoms with E-state index in [1.54, 1.807) is 16.8 Å². The molecular weight excluding hydrogens is 254 g/mol. The second kappa shape index (κ2) is 6.52. The number of nitrogens with two attached hydrogens (primary N) is 1. The van der Waals surface area contributed by atoms with Crippen LogP contribution in [-0.4, -0.2) is 54.3 Å². The summed E-state index contributed by atoms with van der Waals surface area (Å²) in [6.07, 6.45) is 1.30. The van der Waals surface area contributed by atoms with Crippen molar-refractivity contribution in [1.29, 1.82) is 0 Å². The molecule has 1 aliphatic rings. The molecule has 1 aromatic rings. The number of nitrogens with zero attached hydrogens (tertiary/aromatic N) is 2. The summed E-state index contributed by atoms with van der Waals surface area (Å²) < 4.78 is 0. The van der Waals surface area contributed by atoms with Crippen molar-refractivity contribution < 1.29 is 9.59 Å². The summed E-state index contributed by atoms with van der Waals surface area (Å²) in [5.41, 5.74) is 7.03. The largest absolute Gasteiger partial charge is 0.344 e. The Kier molecular flexibility index (Phi) is 4.74. The van der Waals surface area contributed by atoms with Crippen LogP contribution in [0.3, 0.4) is 0 Å². The monoisotopic (exact) mass is 275 g/mol. The molecule has 0 aromatic heterocycles. The van der Waals surface area contributed by atoms with E-state index < -0.39 is 6.04 Å². The van der Waals surface area contributed by atoms with E-state index in [0.29, 0.717) is 19.5 Å². The van der Waals surface area contributed by atoms with Crippen LogP contribution in [0.15, 0.2) is 30.3 Å². The quantitative estimate of drug-likeness (QED) is 0.859. The van der Waals surface area contributed by atoms with Crippen LogP contribution in [0.1, 0.15) is 12.0 Å². The van der Waals surface area contributed by atoms with Crippen LogP contribution in [0, 0.1) is 0 Å². The van der Waals surface area contributed by atoms with Crippen molar-refractivity contribution in [2.24, 2.45) is 5.73 Å². The number of carbonyl (C=O) groups is 2. The first-order valence-corrected chi connectivity index (χ1v) is 6.90. The van der Waals surface area contributed by atoms with Gasteiger partial charge in [0.05, 0.1) is 12.6 Å². The van der Waals surface area contributed by atoms with Gasteiger partial charge >= 0.3 is 0 Å². The Morgan fingerprint density at radius 1 is 1.30 bits per heavy atom. The van der Waals surface area contributed by atoms with Crippen LogP contribution in [0.25, 0.3) is 0 Å². The summed E-state index contributed by atoms with van der Waals surface area (Å²) in [6.45, 7) is 1.42. The molecule has 108 valence electrons. The van der Waals surface area contributed by atoms with Gasteiger partial charge in [0.2, 0.25) is 11.8 Å². The predicted octanol–water partition coefficient (Wildman–Crippen LogP) is 0.247. The lowest BCUT2D eigenvalue weighted by Gasteiger charge is -2.23. The summed E-state index contributed by atoms with van der Waals surface area (Å²) in [4.78, 5) is 27.4. The number of amides is 2. The molecule has 0 radical (unpaired) electrons. The van der Waals surface area contributed by atoms with Gasteiger partial charge in [-0.1, -0.05) is 30.3 Å². The lowest BCUT2D eigenvalue weighted by Crippen LogP contribution is -2.47. The zero-order chi connectivity index (χ0) is 14.5. The van der Waals surface area contributed by atoms with E-state index in [1.165, 1.54) is 0 Å². The summed E-state index contributed by atoms with van der Waals surface area (Å²) in [5.74, 6) is -0.166. The Balaban J connectivity index is 1.97. The first-order valence-electron chi connectivity index (χ1n) is 6.90. The maximum atomic E-state index is 12.3. The molecule has 1 atom stereocenters. The number of hydrogen-bond donors (Lipinski definition) is 1. The van der Waals surface area contributed by atoms with Crippen molar-refractivity contribution in [2.45, 2.75) is 18.9 Å². The third-order valence-corrected chi connectivity index (χ3v) is 3.60. The highest BCUT2D eigenvalue weighted by Gasteiger charge is 2.26. The van der Waals surface area contributed by atoms with Crippen LogP contribution in [0.2, 0.25) is 0 Å². The number of likely N-dealkylation sites (N-methyl/N-ethyl adjacent to an activating group) is 1. The summed E-state index contributed by atoms with van der Waals surface area (Å²) in [6, 6.07) is 9.10. The van der Waals surface area contributed by atoms with Crippen molar-refractivity contribution in [2.75, 3.05) is 26.7 Å². The van der Waals surface area contributed by atoms with Crippen LogP contribution in [-0.2, 0) is 16.0 Å². The Labute approximate surface area is 119 Å². The number of carbonyl (C=O) groups excluding carboxylic acids is 2. The van der Waals surface area contributed by atoms with Gasteiger partial charge in [0.1, 0.15) is 0 Å². The minimum Gasteiger partial charge on any atom is -0.344 e. The second-order valence-corrected chi connectivity index (χ2v) is 5.22. The fourth-order valence-electron chi connectivity index (χ4n) is 2.36. The second-order valence-electron chi connectivity index (χ2n) is 5.22. The Morgan fingerprint density at radius 3 is 2.70 bits per heavy atom. The van der Waals surface area contributed by atoms with Crippen LogP contribution in [0.4, 0.5) is 0 Å². The highest BCUT2D eigenvalue weighted by molar-refractivity contribution is 5.87. The molecule has 5 nitrogen and oxygen atoms in total. The van der Waals surface area contributed by atoms with Crippen molar-refractivity contribution in [3.8, 4) is 0 Å². The van der Waals surface area contributed by atoms with E-state index in [4.69, 9.17) is 5.73 Å². The molecule has 1 saturated heterocycles. The average molecular weight is 275 g/mol. The average Bonchev–Trinajstić information content (AvgIpc) is 2.61. The van der Waals surface area contributed by atoms with Crippen LogP contribution in [0.5, 0.6) is 0 Å². The van der Waals surface area contributed by atoms with E-state index in [-0.39, 0.29) is 18.4 Å². The third kappa shape index (κ3) is 3.57. The van der Waals surface area contributed by atoms with Crippen molar-refractivity contribution in [3.05, 3.63) is 35.9 Å². The third-order valence-electron chi connectivity index (χ3n) is 3.60. The summed E-state index contributed by atoms with van der Waals surface area (Å²) in [7, 11) is 1.76. The van der Waals surface area contributed by atoms with Gasteiger partial charge in [0, 0.05) is 20.1 Å². The molecule has 0 spiro atoms. The van der Waals surface area contributed by atoms with Gasteiger partial charge in [-0.05, 0) is 18.4 Å². The Bertz CT molecular complexity index is 475. The van der Waals surface area contributed by atoms with Gasteiger partial charge in [-0.25, -0.2) is 0 Å². The lowest BCUT2D eigenvalue weighted by atomic mass is 10.1. The van der Waals surface area contributed by atoms with Gasteiger partial charge in [0.15, 0.2) is 0 Å². The number of hydrogen-bond acceptors (Lipinski definition) is 3. The number of benzene rings is 1. The molecule has 20 heavy (non-hydrogen) atoms. The molecule has 2 rings (SSSR count). The van der Waals surface area contributed by atoms with E-state index in [9.17, 15) is 9.59 Å². The lowest BCUT2D eigenvalue weighted by molar-refractivity contribution is -0.138. The normalized spacial score (nSPS) is 17.8. The van der Waals surface area contributed by atoms with Crippen LogP contribution >= 0.6 is 0 Å². The van der Waals surface area contributed by atoms with Gasteiger partial charge in [-0.15, -0.1) is 0 Å². The fourth-order valence-corrected chi connectivity index (χ4v) is 2.36. The Hall–Kier alpha value is -1.88. The molecule has 2 amide bonds. The first kappa shape index (κ1) is 14.5. The molecule has 0 bridgehead atoms. The highest BCUT2D eigenvalue weighted by atomic mass is 16.2. The molecule has 1 aromatic carbocycles. The molecule has 1 fully saturated rings. The summed E-state index contributed by atoms with van der Waals surface area (Å²) in [5, 5.41) is 0. The van der Waals surface area contributed by atoms with E-state index in [1.807, 2.05) is 30.3 Å². The van der Waals surface area contributed by atoms with Gasteiger partial charge in [0.25, 0.3) is 0 Å². The van der Waals surface area contributed by atoms with E-state index >= 15 is 0 Å². The first-order chi connectivity index (χ1) is 9.58. The molecule has 2 N–H and O–H groups in total. The fraction of sp³-hybridized carbons (Fsp3) is 0.467. The Morgan fingerprint density at radius 2 is 2.00 bits per heavy atom. The van der Waals surface area contributed by atoms with Crippen molar-refractivity contribution >= 4 is 11.8 Å². The van der Waals surface area contributed by atoms with Gasteiger partial charge < -0.3 is 15.5 Å². The van der Waals surface area contributed by atoms with Gasteiger partial charge in [-0.2, -0.15) is 0 Å². The molecule has 0 saturated carbocycles. The van der Waals surface area contributed by atoms with E-state index in [0.717, 1.165) is 12.0 Å². The minimum atomic E-state index is -0.589. The molecule has 1 heterocycles. The molecule has 5 heteroatoms. The highest BCUT2D eigenvalue weighted by Crippen LogP contribution is 2.08. The van der Waals surface area contributed by atoms with Crippen molar-refractivity contribution in [3.63, 3.8) is 0 Å². The maximum Gasteiger partial charge on any atom is 0.241 e. The molecular formula is C15H21N3O2. The van der Waals surface area contributed by atoms with Crippen molar-refractivity contribution in [1.82, 2.24) is 9.80 Å². The maximum absolute atomic E-state index is 12.3. The number of rotatable bonds is 3. The zero-order valence-electron chi connectivity index (χ0n) is 11.8. The van der Waals surface area contributed by atoms with E-state index in [2.05, 4.69) is 0 Å². The molecule has 1 aliphatic heterocycles. The zero-order valence-corrected chi connectivity index (χ0v) is 11.8. The van der Waals surface area contributed by atoms with Crippen LogP contribution < -0.4 is 5.73 Å². The standard InChI is InChI=1S/C15H21N3O2/c1-17-8-5-9-18(11-14(17)19)15(20)13(16)10-12-6-3-2-4-7-12/h2-4,6-7,13H,5,8-11,16H2,1H3/t13-/m1/s1. The SMILES string of the molecule is CN1CCCN(C(=O)[C@H](N)Cc2ccccc2)CC1=O. The predicted molar refractivity (Wildman–Crippen MR) is 77.0 cm³/mol. The summed E-state index contributed by atoms with van der Waals surface area (Å²) >= 11 is 0. The smallest absolute Gasteiger partial charge is 0.241 e.